The summed E-state index contributed by atoms with van der Waals surface area (Å²) in [5, 5.41) is 22.5. The van der Waals surface area contributed by atoms with Crippen LogP contribution in [-0.4, -0.2) is 56.4 Å². The third-order valence-electron chi connectivity index (χ3n) is 11.6. The van der Waals surface area contributed by atoms with Crippen molar-refractivity contribution in [1.29, 1.82) is 0 Å². The zero-order chi connectivity index (χ0) is 49.8. The van der Waals surface area contributed by atoms with Crippen molar-refractivity contribution in [3.8, 4) is 0 Å². The maximum atomic E-state index is 14.1. The highest BCUT2D eigenvalue weighted by Crippen LogP contribution is 2.63. The fourth-order valence-electron chi connectivity index (χ4n) is 8.54. The van der Waals surface area contributed by atoms with Crippen LogP contribution in [0.1, 0.15) is 66.1 Å². The summed E-state index contributed by atoms with van der Waals surface area (Å²) in [7, 11) is -6.59. The Morgan fingerprint density at radius 1 is 0.486 bits per heavy atom. The molecule has 8 aromatic carbocycles. The summed E-state index contributed by atoms with van der Waals surface area (Å²) in [5.74, 6) is -1.74. The minimum absolute atomic E-state index is 0.0925. The van der Waals surface area contributed by atoms with Gasteiger partial charge in [0.2, 0.25) is 11.8 Å². The smallest absolute Gasteiger partial charge is 0.347 e. The number of ether oxygens (including phenoxy) is 1. The van der Waals surface area contributed by atoms with Crippen molar-refractivity contribution in [1.82, 2.24) is 0 Å². The third-order valence-corrected chi connectivity index (χ3v) is 16.3. The molecule has 2 unspecified atom stereocenters. The van der Waals surface area contributed by atoms with E-state index in [1.807, 2.05) is 127 Å². The molecule has 0 aliphatic rings. The maximum absolute atomic E-state index is 14.1. The summed E-state index contributed by atoms with van der Waals surface area (Å²) >= 11 is 0. The first kappa shape index (κ1) is 51.3. The van der Waals surface area contributed by atoms with Gasteiger partial charge in [-0.2, -0.15) is 0 Å². The van der Waals surface area contributed by atoms with Crippen LogP contribution >= 0.6 is 15.2 Å². The highest BCUT2D eigenvalue weighted by molar-refractivity contribution is 7.55. The lowest BCUT2D eigenvalue weighted by Gasteiger charge is -2.27. The molecule has 8 rings (SSSR count). The van der Waals surface area contributed by atoms with Crippen molar-refractivity contribution in [2.24, 2.45) is 0 Å². The molecule has 0 bridgehead atoms. The van der Waals surface area contributed by atoms with Gasteiger partial charge in [-0.05, 0) is 106 Å². The van der Waals surface area contributed by atoms with Gasteiger partial charge in [0.25, 0.3) is 0 Å². The van der Waals surface area contributed by atoms with E-state index < -0.39 is 44.3 Å². The van der Waals surface area contributed by atoms with Crippen LogP contribution in [-0.2, 0) is 48.2 Å². The van der Waals surface area contributed by atoms with E-state index in [0.29, 0.717) is 22.4 Å². The highest BCUT2D eigenvalue weighted by atomic mass is 31.2. The zero-order valence-electron chi connectivity index (χ0n) is 39.6. The van der Waals surface area contributed by atoms with Crippen LogP contribution in [0.4, 0.5) is 11.4 Å². The fourth-order valence-corrected chi connectivity index (χ4v) is 12.6. The van der Waals surface area contributed by atoms with E-state index in [-0.39, 0.29) is 44.3 Å². The molecule has 2 atom stereocenters. The minimum Gasteiger partial charge on any atom is -0.465 e. The molecule has 70 heavy (non-hydrogen) atoms. The average molecular weight is 983 g/mol. The number of anilines is 2. The molecule has 0 aromatic heterocycles. The highest BCUT2D eigenvalue weighted by Gasteiger charge is 2.45. The topological polar surface area (TPSA) is 176 Å². The lowest BCUT2D eigenvalue weighted by atomic mass is 10.0. The number of benzene rings is 8. The number of nitrogens with one attached hydrogen (secondary N) is 2. The van der Waals surface area contributed by atoms with Crippen LogP contribution in [0.5, 0.6) is 0 Å². The number of esters is 1. The van der Waals surface area contributed by atoms with Crippen molar-refractivity contribution in [3.63, 3.8) is 0 Å². The van der Waals surface area contributed by atoms with Gasteiger partial charge in [-0.1, -0.05) is 133 Å². The van der Waals surface area contributed by atoms with Crippen molar-refractivity contribution in [2.45, 2.75) is 45.6 Å². The molecule has 3 N–H and O–H groups in total. The lowest BCUT2D eigenvalue weighted by molar-refractivity contribution is -0.117. The second-order valence-corrected chi connectivity index (χ2v) is 20.1. The molecule has 8 aromatic rings. The summed E-state index contributed by atoms with van der Waals surface area (Å²) in [6, 6.07) is 48.3. The molecular weight excluding hydrogens is 927 g/mol. The second kappa shape index (κ2) is 23.4. The summed E-state index contributed by atoms with van der Waals surface area (Å²) in [5.41, 5.74) is 0.0435. The monoisotopic (exact) mass is 982 g/mol. The summed E-state index contributed by atoms with van der Waals surface area (Å²) in [6.45, 7) is 7.02. The Morgan fingerprint density at radius 2 is 0.843 bits per heavy atom. The number of hydrogen-bond acceptors (Lipinski definition) is 11. The Hall–Kier alpha value is -6.53. The first-order chi connectivity index (χ1) is 33.9. The van der Waals surface area contributed by atoms with E-state index in [1.54, 1.807) is 58.0 Å². The number of methoxy groups -OCH3 is 1. The van der Waals surface area contributed by atoms with E-state index in [1.165, 1.54) is 7.11 Å². The second-order valence-electron chi connectivity index (χ2n) is 15.9. The summed E-state index contributed by atoms with van der Waals surface area (Å²) < 4.78 is 55.6. The molecule has 13 nitrogen and oxygen atoms in total. The van der Waals surface area contributed by atoms with E-state index >= 15 is 0 Å². The van der Waals surface area contributed by atoms with E-state index in [9.17, 15) is 28.6 Å². The predicted octanol–water partition coefficient (Wildman–Crippen LogP) is 13.2. The molecule has 362 valence electrons. The number of fused-ring (bicyclic) bond motifs is 4. The molecule has 0 spiro atoms. The molecule has 2 amide bonds. The summed E-state index contributed by atoms with van der Waals surface area (Å²) in [6.07, 6.45) is 0. The Balaban J connectivity index is 0.000000207. The number of carbonyl (C=O) groups is 3. The molecule has 0 saturated heterocycles. The van der Waals surface area contributed by atoms with Gasteiger partial charge >= 0.3 is 21.2 Å². The number of aliphatic hydroxyl groups is 1. The first-order valence-corrected chi connectivity index (χ1v) is 26.2. The number of aliphatic hydroxyl groups excluding tert-OH is 1. The van der Waals surface area contributed by atoms with Crippen LogP contribution in [0.2, 0.25) is 0 Å². The van der Waals surface area contributed by atoms with Gasteiger partial charge < -0.3 is 38.6 Å². The Labute approximate surface area is 407 Å². The molecule has 0 aliphatic carbocycles. The van der Waals surface area contributed by atoms with Gasteiger partial charge in [-0.25, -0.2) is 4.79 Å². The number of hydrogen-bond donors (Lipinski definition) is 3. The third kappa shape index (κ3) is 11.2. The van der Waals surface area contributed by atoms with E-state index in [2.05, 4.69) is 10.6 Å². The van der Waals surface area contributed by atoms with Crippen LogP contribution in [0.15, 0.2) is 158 Å². The van der Waals surface area contributed by atoms with E-state index in [4.69, 9.17) is 22.8 Å². The predicted molar refractivity (Wildman–Crippen MR) is 278 cm³/mol. The molecular formula is C55H56N2O11P2. The normalized spacial score (nSPS) is 12.5. The largest absolute Gasteiger partial charge is 0.465 e. The van der Waals surface area contributed by atoms with Crippen molar-refractivity contribution in [2.75, 3.05) is 44.2 Å². The van der Waals surface area contributed by atoms with Crippen molar-refractivity contribution >= 4 is 87.4 Å². The van der Waals surface area contributed by atoms with Gasteiger partial charge in [0.15, 0.2) is 11.3 Å². The average Bonchev–Trinajstić information content (AvgIpc) is 3.36. The van der Waals surface area contributed by atoms with Crippen LogP contribution < -0.4 is 10.6 Å². The molecule has 0 heterocycles. The van der Waals surface area contributed by atoms with Crippen molar-refractivity contribution < 1.29 is 51.5 Å². The van der Waals surface area contributed by atoms with Crippen molar-refractivity contribution in [3.05, 3.63) is 180 Å². The van der Waals surface area contributed by atoms with Gasteiger partial charge in [-0.3, -0.25) is 18.7 Å². The van der Waals surface area contributed by atoms with Crippen LogP contribution in [0.25, 0.3) is 43.1 Å². The lowest BCUT2D eigenvalue weighted by Crippen LogP contribution is -2.24. The quantitative estimate of drug-likeness (QED) is 0.0551. The molecule has 0 saturated carbocycles. The Morgan fingerprint density at radius 3 is 1.26 bits per heavy atom. The van der Waals surface area contributed by atoms with Crippen LogP contribution in [0.3, 0.4) is 0 Å². The van der Waals surface area contributed by atoms with Crippen LogP contribution in [0, 0.1) is 0 Å². The fraction of sp³-hybridized carbons (Fsp3) is 0.218. The molecule has 0 aliphatic heterocycles. The minimum atomic E-state index is -3.97. The van der Waals surface area contributed by atoms with Gasteiger partial charge in [0, 0.05) is 11.3 Å². The zero-order valence-corrected chi connectivity index (χ0v) is 41.4. The molecule has 15 heteroatoms. The Kier molecular flexibility index (Phi) is 17.1. The molecule has 0 radical (unpaired) electrons. The maximum Gasteiger partial charge on any atom is 0.347 e. The van der Waals surface area contributed by atoms with Gasteiger partial charge in [0.1, 0.15) is 0 Å². The summed E-state index contributed by atoms with van der Waals surface area (Å²) in [4.78, 5) is 40.4. The van der Waals surface area contributed by atoms with Gasteiger partial charge in [-0.15, -0.1) is 0 Å². The number of rotatable bonds is 18. The molecule has 0 fully saturated rings. The number of carbonyl (C=O) groups excluding carboxylic acids is 3. The number of amides is 2. The standard InChI is InChI=1S/C28H28NO6P.C27H28NO5P/c1-4-34-36(32,35-5-2)26(23-16-10-14-19-11-8-9-15-22(19)23)27(30)29-25-18-21-13-7-6-12-20(21)17-24(25)28(31)33-3;1-3-32-34(31,33-4-2)26(24-15-9-13-19-10-7-8-14-23(19)24)27(30)28-25-17-21-12-6-5-11-20(21)16-22(25)18-29/h6-18,26H,4-5H2,1-3H3,(H,29,30);5-17,26,29H,3-4,18H2,1-2H3,(H,28,30). The first-order valence-electron chi connectivity index (χ1n) is 23.0. The SMILES string of the molecule is CCOP(=O)(OCC)C(C(=O)Nc1cc2ccccc2cc1C(=O)OC)c1cccc2ccccc12.CCOP(=O)(OCC)C(C(=O)Nc1cc2ccccc2cc1CO)c1cccc2ccccc12. The Bertz CT molecular complexity index is 3240. The van der Waals surface area contributed by atoms with E-state index in [0.717, 1.165) is 43.1 Å². The van der Waals surface area contributed by atoms with Gasteiger partial charge in [0.05, 0.1) is 51.4 Å².